The molecule has 0 fully saturated rings. The smallest absolute Gasteiger partial charge is 0.00309 e. The van der Waals surface area contributed by atoms with E-state index in [1.54, 1.807) is 4.31 Å². The maximum atomic E-state index is 3.80. The Hall–Kier alpha value is 0.100. The Morgan fingerprint density at radius 3 is 1.00 bits per heavy atom. The molecule has 0 amide bonds. The van der Waals surface area contributed by atoms with Crippen LogP contribution in [0.4, 0.5) is 14.1 Å². The predicted octanol–water partition coefficient (Wildman–Crippen LogP) is 0.850. The molecule has 0 aromatic rings. The first-order valence-electron chi connectivity index (χ1n) is 1.09. The molecular formula is C2H10F3NS. The summed E-state index contributed by atoms with van der Waals surface area (Å²) in [6.07, 6.45) is 0. The van der Waals surface area contributed by atoms with Crippen LogP contribution >= 0.6 is 12.8 Å². The molecular weight excluding hydrogens is 127 g/mol. The molecule has 0 radical (unpaired) electrons. The first kappa shape index (κ1) is 27.5. The van der Waals surface area contributed by atoms with Crippen LogP contribution in [0.25, 0.3) is 0 Å². The van der Waals surface area contributed by atoms with Gasteiger partial charge in [-0.2, -0.15) is 0 Å². The second-order valence-electron chi connectivity index (χ2n) is 0.847. The average Bonchev–Trinajstić information content (AvgIpc) is 0.811. The molecule has 0 rings (SSSR count). The SMILES string of the molecule is CN(C)S.F.F.F. The van der Waals surface area contributed by atoms with Crippen LogP contribution in [-0.2, 0) is 0 Å². The third kappa shape index (κ3) is 10300. The molecule has 0 unspecified atom stereocenters. The highest BCUT2D eigenvalue weighted by molar-refractivity contribution is 7.77. The fourth-order valence-corrected chi connectivity index (χ4v) is 0. The van der Waals surface area contributed by atoms with Crippen LogP contribution < -0.4 is 0 Å². The van der Waals surface area contributed by atoms with E-state index in [2.05, 4.69) is 12.8 Å². The third-order valence-corrected chi connectivity index (χ3v) is 0. The van der Waals surface area contributed by atoms with E-state index in [1.165, 1.54) is 0 Å². The molecule has 0 atom stereocenters. The van der Waals surface area contributed by atoms with Gasteiger partial charge in [0.25, 0.3) is 0 Å². The van der Waals surface area contributed by atoms with E-state index in [0.717, 1.165) is 0 Å². The van der Waals surface area contributed by atoms with Crippen molar-refractivity contribution in [2.24, 2.45) is 0 Å². The van der Waals surface area contributed by atoms with E-state index in [4.69, 9.17) is 0 Å². The number of thiol groups is 1. The van der Waals surface area contributed by atoms with E-state index in [9.17, 15) is 0 Å². The highest BCUT2D eigenvalue weighted by Crippen LogP contribution is 1.69. The lowest BCUT2D eigenvalue weighted by molar-refractivity contribution is 0.714. The maximum Gasteiger partial charge on any atom is -0.00309 e. The monoisotopic (exact) mass is 137 g/mol. The molecule has 0 N–H and O–H groups in total. The van der Waals surface area contributed by atoms with Crippen molar-refractivity contribution in [3.8, 4) is 0 Å². The Morgan fingerprint density at radius 2 is 1.00 bits per heavy atom. The van der Waals surface area contributed by atoms with Crippen LogP contribution in [0, 0.1) is 0 Å². The van der Waals surface area contributed by atoms with E-state index < -0.39 is 0 Å². The van der Waals surface area contributed by atoms with Gasteiger partial charge in [-0.1, -0.05) is 12.8 Å². The standard InChI is InChI=1S/C2H7NS.3FH/c1-3(2)4;;;/h4H,1-2H3;3*1H. The van der Waals surface area contributed by atoms with Crippen molar-refractivity contribution in [2.45, 2.75) is 0 Å². The van der Waals surface area contributed by atoms with Crippen LogP contribution in [0.5, 0.6) is 0 Å². The molecule has 0 aliphatic rings. The second-order valence-corrected chi connectivity index (χ2v) is 1.65. The van der Waals surface area contributed by atoms with Crippen molar-refractivity contribution in [1.82, 2.24) is 4.31 Å². The van der Waals surface area contributed by atoms with Gasteiger partial charge in [0.1, 0.15) is 0 Å². The van der Waals surface area contributed by atoms with Gasteiger partial charge in [0, 0.05) is 0 Å². The Labute approximate surface area is 46.3 Å². The summed E-state index contributed by atoms with van der Waals surface area (Å²) < 4.78 is 1.69. The van der Waals surface area contributed by atoms with Crippen LogP contribution in [0.2, 0.25) is 0 Å². The summed E-state index contributed by atoms with van der Waals surface area (Å²) in [4.78, 5) is 0. The predicted molar refractivity (Wildman–Crippen MR) is 30.2 cm³/mol. The zero-order valence-corrected chi connectivity index (χ0v) is 5.01. The maximum absolute atomic E-state index is 3.80. The van der Waals surface area contributed by atoms with Gasteiger partial charge >= 0.3 is 0 Å². The second kappa shape index (κ2) is 16.5. The highest BCUT2D eigenvalue weighted by atomic mass is 32.1. The van der Waals surface area contributed by atoms with Crippen molar-refractivity contribution in [3.05, 3.63) is 0 Å². The van der Waals surface area contributed by atoms with E-state index in [-0.39, 0.29) is 14.1 Å². The normalized spacial score (nSPS) is 5.14. The average molecular weight is 137 g/mol. The molecule has 0 aliphatic heterocycles. The summed E-state index contributed by atoms with van der Waals surface area (Å²) in [5, 5.41) is 0. The van der Waals surface area contributed by atoms with Gasteiger partial charge in [-0.3, -0.25) is 18.4 Å². The van der Waals surface area contributed by atoms with E-state index in [0.29, 0.717) is 0 Å². The fourth-order valence-electron chi connectivity index (χ4n) is 0. The molecule has 0 bridgehead atoms. The molecule has 0 aromatic heterocycles. The molecule has 50 valence electrons. The number of hydrogen-bond donors (Lipinski definition) is 1. The minimum absolute atomic E-state index is 0. The highest BCUT2D eigenvalue weighted by Gasteiger charge is 1.59. The van der Waals surface area contributed by atoms with Crippen LogP contribution in [0.3, 0.4) is 0 Å². The Kier molecular flexibility index (Phi) is 64.8. The number of hydrogen-bond acceptors (Lipinski definition) is 2. The fraction of sp³-hybridized carbons (Fsp3) is 1.00. The molecule has 0 aromatic carbocycles. The molecule has 0 spiro atoms. The van der Waals surface area contributed by atoms with Gasteiger partial charge in [-0.15, -0.1) is 0 Å². The van der Waals surface area contributed by atoms with E-state index >= 15 is 0 Å². The van der Waals surface area contributed by atoms with Crippen molar-refractivity contribution in [3.63, 3.8) is 0 Å². The zero-order chi connectivity index (χ0) is 3.58. The summed E-state index contributed by atoms with van der Waals surface area (Å²) in [6.45, 7) is 0. The molecule has 5 heteroatoms. The molecule has 0 heterocycles. The molecule has 0 saturated heterocycles. The molecule has 7 heavy (non-hydrogen) atoms. The third-order valence-electron chi connectivity index (χ3n) is 0. The van der Waals surface area contributed by atoms with Gasteiger partial charge in [0.05, 0.1) is 0 Å². The number of nitrogens with zero attached hydrogens (tertiary/aromatic N) is 1. The van der Waals surface area contributed by atoms with E-state index in [1.807, 2.05) is 14.1 Å². The van der Waals surface area contributed by atoms with Gasteiger partial charge in [0.15, 0.2) is 0 Å². The first-order chi connectivity index (χ1) is 1.73. The largest absolute Gasteiger partial charge is 0.269 e. The molecule has 0 saturated carbocycles. The lowest BCUT2D eigenvalue weighted by Crippen LogP contribution is -1.89. The van der Waals surface area contributed by atoms with Crippen LogP contribution in [0.15, 0.2) is 0 Å². The van der Waals surface area contributed by atoms with Gasteiger partial charge in [-0.05, 0) is 14.1 Å². The Morgan fingerprint density at radius 1 is 1.00 bits per heavy atom. The van der Waals surface area contributed by atoms with Gasteiger partial charge in [-0.25, -0.2) is 0 Å². The summed E-state index contributed by atoms with van der Waals surface area (Å²) >= 11 is 3.80. The quantitative estimate of drug-likeness (QED) is 0.484. The molecule has 0 aliphatic carbocycles. The van der Waals surface area contributed by atoms with Crippen molar-refractivity contribution >= 4 is 12.8 Å². The van der Waals surface area contributed by atoms with Crippen molar-refractivity contribution < 1.29 is 14.1 Å². The Balaban J connectivity index is -0.0000000150. The van der Waals surface area contributed by atoms with Crippen LogP contribution in [0.1, 0.15) is 0 Å². The van der Waals surface area contributed by atoms with Gasteiger partial charge in [0.2, 0.25) is 0 Å². The lowest BCUT2D eigenvalue weighted by Gasteiger charge is -1.88. The summed E-state index contributed by atoms with van der Waals surface area (Å²) in [5.41, 5.74) is 0. The summed E-state index contributed by atoms with van der Waals surface area (Å²) in [7, 11) is 3.73. The van der Waals surface area contributed by atoms with Gasteiger partial charge < -0.3 is 0 Å². The van der Waals surface area contributed by atoms with Crippen molar-refractivity contribution in [2.75, 3.05) is 14.1 Å². The number of rotatable bonds is 0. The zero-order valence-electron chi connectivity index (χ0n) is 4.12. The Bertz CT molecular complexity index is 17.7. The summed E-state index contributed by atoms with van der Waals surface area (Å²) in [6, 6.07) is 0. The van der Waals surface area contributed by atoms with Crippen LogP contribution in [-0.4, -0.2) is 18.4 Å². The summed E-state index contributed by atoms with van der Waals surface area (Å²) in [5.74, 6) is 0. The topological polar surface area (TPSA) is 3.24 Å². The molecule has 1 nitrogen and oxygen atoms in total. The minimum Gasteiger partial charge on any atom is -0.269 e. The number of halogens is 3. The first-order valence-corrected chi connectivity index (χ1v) is 1.49. The van der Waals surface area contributed by atoms with Crippen molar-refractivity contribution in [1.29, 1.82) is 0 Å². The lowest BCUT2D eigenvalue weighted by atomic mass is 11.3. The minimum atomic E-state index is 0.